The minimum Gasteiger partial charge on any atom is -0.316 e. The van der Waals surface area contributed by atoms with Crippen LogP contribution in [-0.2, 0) is 0 Å². The van der Waals surface area contributed by atoms with E-state index in [1.54, 1.807) is 0 Å². The maximum atomic E-state index is 3.70. The van der Waals surface area contributed by atoms with Gasteiger partial charge >= 0.3 is 0 Å². The molecule has 1 aliphatic carbocycles. The fraction of sp³-hybridized carbons (Fsp3) is 0.818. The fourth-order valence-corrected chi connectivity index (χ4v) is 2.02. The van der Waals surface area contributed by atoms with Gasteiger partial charge in [-0.05, 0) is 37.8 Å². The summed E-state index contributed by atoms with van der Waals surface area (Å²) in [6, 6.07) is 0. The van der Waals surface area contributed by atoms with Gasteiger partial charge in [0.2, 0.25) is 0 Å². The first-order valence-corrected chi connectivity index (χ1v) is 5.16. The Bertz CT molecular complexity index is 131. The van der Waals surface area contributed by atoms with Gasteiger partial charge in [0.05, 0.1) is 0 Å². The van der Waals surface area contributed by atoms with E-state index in [4.69, 9.17) is 0 Å². The van der Waals surface area contributed by atoms with Crippen LogP contribution >= 0.6 is 0 Å². The summed E-state index contributed by atoms with van der Waals surface area (Å²) in [7, 11) is 0. The van der Waals surface area contributed by atoms with Crippen molar-refractivity contribution in [2.75, 3.05) is 13.1 Å². The summed E-state index contributed by atoms with van der Waals surface area (Å²) in [6.45, 7) is 8.41. The number of rotatable bonds is 5. The molecule has 0 amide bonds. The van der Waals surface area contributed by atoms with Gasteiger partial charge in [-0.3, -0.25) is 0 Å². The van der Waals surface area contributed by atoms with Crippen molar-refractivity contribution in [3.63, 3.8) is 0 Å². The molecule has 1 rings (SSSR count). The molecule has 1 saturated carbocycles. The van der Waals surface area contributed by atoms with Crippen LogP contribution in [0.2, 0.25) is 0 Å². The van der Waals surface area contributed by atoms with Crippen molar-refractivity contribution in [1.82, 2.24) is 5.32 Å². The summed E-state index contributed by atoms with van der Waals surface area (Å²) in [5.74, 6) is 1.89. The zero-order valence-electron chi connectivity index (χ0n) is 8.18. The zero-order chi connectivity index (χ0) is 8.81. The van der Waals surface area contributed by atoms with Crippen molar-refractivity contribution in [2.45, 2.75) is 32.6 Å². The topological polar surface area (TPSA) is 12.0 Å². The van der Waals surface area contributed by atoms with Crippen LogP contribution in [0, 0.1) is 11.8 Å². The predicted molar refractivity (Wildman–Crippen MR) is 54.2 cm³/mol. The average molecular weight is 167 g/mol. The molecule has 70 valence electrons. The second kappa shape index (κ2) is 5.36. The fourth-order valence-electron chi connectivity index (χ4n) is 2.02. The maximum Gasteiger partial charge on any atom is -0.00143 e. The van der Waals surface area contributed by atoms with Crippen LogP contribution in [0.4, 0.5) is 0 Å². The first kappa shape index (κ1) is 9.79. The molecule has 1 heteroatoms. The van der Waals surface area contributed by atoms with Gasteiger partial charge in [-0.2, -0.15) is 0 Å². The van der Waals surface area contributed by atoms with Crippen molar-refractivity contribution in [2.24, 2.45) is 11.8 Å². The summed E-state index contributed by atoms with van der Waals surface area (Å²) in [6.07, 6.45) is 7.39. The highest BCUT2D eigenvalue weighted by Gasteiger charge is 2.22. The molecule has 0 spiro atoms. The van der Waals surface area contributed by atoms with E-state index in [-0.39, 0.29) is 0 Å². The normalized spacial score (nSPS) is 29.1. The minimum atomic E-state index is 0.940. The Morgan fingerprint density at radius 2 is 2.33 bits per heavy atom. The van der Waals surface area contributed by atoms with Crippen molar-refractivity contribution in [3.8, 4) is 0 Å². The molecule has 0 aromatic rings. The van der Waals surface area contributed by atoms with E-state index in [0.717, 1.165) is 24.8 Å². The van der Waals surface area contributed by atoms with Gasteiger partial charge in [0.15, 0.2) is 0 Å². The van der Waals surface area contributed by atoms with Crippen LogP contribution in [0.5, 0.6) is 0 Å². The second-order valence-electron chi connectivity index (χ2n) is 3.95. The van der Waals surface area contributed by atoms with E-state index in [1.807, 2.05) is 6.08 Å². The van der Waals surface area contributed by atoms with E-state index < -0.39 is 0 Å². The highest BCUT2D eigenvalue weighted by Crippen LogP contribution is 2.30. The van der Waals surface area contributed by atoms with Gasteiger partial charge in [-0.25, -0.2) is 0 Å². The first-order chi connectivity index (χ1) is 5.84. The lowest BCUT2D eigenvalue weighted by atomic mass is 9.98. The van der Waals surface area contributed by atoms with Crippen molar-refractivity contribution in [3.05, 3.63) is 12.7 Å². The van der Waals surface area contributed by atoms with E-state index in [0.29, 0.717) is 0 Å². The monoisotopic (exact) mass is 167 g/mol. The third-order valence-corrected chi connectivity index (χ3v) is 2.97. The van der Waals surface area contributed by atoms with Crippen LogP contribution in [0.15, 0.2) is 12.7 Å². The molecule has 1 N–H and O–H groups in total. The third kappa shape index (κ3) is 2.98. The molecule has 0 saturated heterocycles. The number of hydrogen-bond donors (Lipinski definition) is 1. The van der Waals surface area contributed by atoms with E-state index in [1.165, 1.54) is 25.8 Å². The van der Waals surface area contributed by atoms with Crippen molar-refractivity contribution in [1.29, 1.82) is 0 Å². The Kier molecular flexibility index (Phi) is 4.37. The molecule has 0 aromatic heterocycles. The Balaban J connectivity index is 2.02. The van der Waals surface area contributed by atoms with E-state index in [2.05, 4.69) is 18.8 Å². The molecule has 2 unspecified atom stereocenters. The van der Waals surface area contributed by atoms with Crippen LogP contribution in [0.1, 0.15) is 32.6 Å². The summed E-state index contributed by atoms with van der Waals surface area (Å²) >= 11 is 0. The van der Waals surface area contributed by atoms with Gasteiger partial charge in [0.25, 0.3) is 0 Å². The highest BCUT2D eigenvalue weighted by molar-refractivity contribution is 4.76. The lowest BCUT2D eigenvalue weighted by Crippen LogP contribution is -2.24. The average Bonchev–Trinajstić information content (AvgIpc) is 2.46. The van der Waals surface area contributed by atoms with Crippen molar-refractivity contribution >= 4 is 0 Å². The van der Waals surface area contributed by atoms with Gasteiger partial charge < -0.3 is 5.32 Å². The minimum absolute atomic E-state index is 0.940. The zero-order valence-corrected chi connectivity index (χ0v) is 8.18. The van der Waals surface area contributed by atoms with Gasteiger partial charge in [0, 0.05) is 0 Å². The second-order valence-corrected chi connectivity index (χ2v) is 3.95. The summed E-state index contributed by atoms with van der Waals surface area (Å²) in [5, 5.41) is 3.49. The van der Waals surface area contributed by atoms with Crippen molar-refractivity contribution < 1.29 is 0 Å². The van der Waals surface area contributed by atoms with E-state index >= 15 is 0 Å². The standard InChI is InChI=1S/C11H21N/c1-3-4-8-12-9-11-7-5-6-10(11)2/h3,10-12H,1,4-9H2,2H3. The first-order valence-electron chi connectivity index (χ1n) is 5.16. The molecule has 0 heterocycles. The van der Waals surface area contributed by atoms with Crippen LogP contribution in [0.3, 0.4) is 0 Å². The van der Waals surface area contributed by atoms with Crippen LogP contribution < -0.4 is 5.32 Å². The Labute approximate surface area is 76.2 Å². The van der Waals surface area contributed by atoms with Gasteiger partial charge in [-0.15, -0.1) is 6.58 Å². The summed E-state index contributed by atoms with van der Waals surface area (Å²) < 4.78 is 0. The smallest absolute Gasteiger partial charge is 0.00143 e. The predicted octanol–water partition coefficient (Wildman–Crippen LogP) is 2.59. The Morgan fingerprint density at radius 3 is 2.92 bits per heavy atom. The molecule has 1 fully saturated rings. The molecule has 0 aromatic carbocycles. The lowest BCUT2D eigenvalue weighted by molar-refractivity contribution is 0.394. The van der Waals surface area contributed by atoms with Gasteiger partial charge in [-0.1, -0.05) is 25.8 Å². The van der Waals surface area contributed by atoms with Crippen LogP contribution in [-0.4, -0.2) is 13.1 Å². The van der Waals surface area contributed by atoms with Crippen LogP contribution in [0.25, 0.3) is 0 Å². The Morgan fingerprint density at radius 1 is 1.50 bits per heavy atom. The third-order valence-electron chi connectivity index (χ3n) is 2.97. The highest BCUT2D eigenvalue weighted by atomic mass is 14.9. The Hall–Kier alpha value is -0.300. The molecular formula is C11H21N. The summed E-state index contributed by atoms with van der Waals surface area (Å²) in [5.41, 5.74) is 0. The largest absolute Gasteiger partial charge is 0.316 e. The SMILES string of the molecule is C=CCCNCC1CCCC1C. The number of hydrogen-bond acceptors (Lipinski definition) is 1. The molecule has 2 atom stereocenters. The molecular weight excluding hydrogens is 146 g/mol. The summed E-state index contributed by atoms with van der Waals surface area (Å²) in [4.78, 5) is 0. The lowest BCUT2D eigenvalue weighted by Gasteiger charge is -2.15. The molecule has 12 heavy (non-hydrogen) atoms. The molecule has 0 aliphatic heterocycles. The molecule has 1 nitrogen and oxygen atoms in total. The van der Waals surface area contributed by atoms with E-state index in [9.17, 15) is 0 Å². The molecule has 1 aliphatic rings. The molecule has 0 bridgehead atoms. The van der Waals surface area contributed by atoms with Gasteiger partial charge in [0.1, 0.15) is 0 Å². The molecule has 0 radical (unpaired) electrons. The maximum absolute atomic E-state index is 3.70. The number of nitrogens with one attached hydrogen (secondary N) is 1. The quantitative estimate of drug-likeness (QED) is 0.490.